The van der Waals surface area contributed by atoms with E-state index in [2.05, 4.69) is 26.7 Å². The van der Waals surface area contributed by atoms with Gasteiger partial charge in [0.15, 0.2) is 0 Å². The van der Waals surface area contributed by atoms with Crippen LogP contribution in [-0.4, -0.2) is 47.3 Å². The normalized spacial score (nSPS) is 14.2. The fourth-order valence-electron chi connectivity index (χ4n) is 3.53. The number of hydrogen-bond donors (Lipinski definition) is 1. The number of benzene rings is 2. The second-order valence-corrected chi connectivity index (χ2v) is 7.94. The van der Waals surface area contributed by atoms with E-state index in [1.54, 1.807) is 0 Å². The van der Waals surface area contributed by atoms with E-state index >= 15 is 0 Å². The Bertz CT molecular complexity index is 981. The largest absolute Gasteiger partial charge is 0.352 e. The van der Waals surface area contributed by atoms with Crippen LogP contribution in [0.15, 0.2) is 54.6 Å². The number of carbonyl (C=O) groups excluding carboxylic acids is 2. The summed E-state index contributed by atoms with van der Waals surface area (Å²) in [7, 11) is 0. The minimum absolute atomic E-state index is 0.0441. The molecule has 1 aliphatic rings. The van der Waals surface area contributed by atoms with Gasteiger partial charge < -0.3 is 15.1 Å². The van der Waals surface area contributed by atoms with Crippen molar-refractivity contribution in [3.05, 3.63) is 60.2 Å². The lowest BCUT2D eigenvalue weighted by Crippen LogP contribution is -2.49. The molecule has 1 N–H and O–H groups in total. The Morgan fingerprint density at radius 2 is 1.66 bits per heavy atom. The van der Waals surface area contributed by atoms with Crippen LogP contribution >= 0.6 is 11.5 Å². The molecule has 1 saturated heterocycles. The lowest BCUT2D eigenvalue weighted by atomic mass is 10.2. The number of rotatable bonds is 6. The average molecular weight is 409 g/mol. The second kappa shape index (κ2) is 9.05. The lowest BCUT2D eigenvalue weighted by Gasteiger charge is -2.35. The van der Waals surface area contributed by atoms with Crippen molar-refractivity contribution < 1.29 is 9.59 Å². The first-order valence-electron chi connectivity index (χ1n) is 9.88. The van der Waals surface area contributed by atoms with Gasteiger partial charge in [0.25, 0.3) is 0 Å². The fraction of sp³-hybridized carbons (Fsp3) is 0.318. The third kappa shape index (κ3) is 4.74. The highest BCUT2D eigenvalue weighted by molar-refractivity contribution is 7.13. The van der Waals surface area contributed by atoms with Crippen LogP contribution in [0.25, 0.3) is 10.1 Å². The van der Waals surface area contributed by atoms with Crippen molar-refractivity contribution in [2.75, 3.05) is 31.1 Å². The average Bonchev–Trinajstić information content (AvgIpc) is 3.21. The van der Waals surface area contributed by atoms with Gasteiger partial charge in [-0.15, -0.1) is 0 Å². The smallest absolute Gasteiger partial charge is 0.223 e. The summed E-state index contributed by atoms with van der Waals surface area (Å²) in [6, 6.07) is 18.0. The van der Waals surface area contributed by atoms with Crippen molar-refractivity contribution in [3.63, 3.8) is 0 Å². The molecule has 2 heterocycles. The standard InChI is InChI=1S/C22H24N4O2S/c27-20(23-16-17-6-2-1-3-7-17)10-11-21(28)25-12-14-26(15-13-25)22-18-8-4-5-9-19(18)29-24-22/h1-9H,10-16H2,(H,23,27). The zero-order valence-electron chi connectivity index (χ0n) is 16.2. The Hall–Kier alpha value is -2.93. The van der Waals surface area contributed by atoms with Gasteiger partial charge in [-0.1, -0.05) is 42.5 Å². The number of nitrogens with one attached hydrogen (secondary N) is 1. The number of anilines is 1. The Morgan fingerprint density at radius 1 is 0.931 bits per heavy atom. The topological polar surface area (TPSA) is 65.5 Å². The zero-order chi connectivity index (χ0) is 20.1. The number of nitrogens with zero attached hydrogens (tertiary/aromatic N) is 3. The van der Waals surface area contributed by atoms with Gasteiger partial charge in [-0.2, -0.15) is 4.37 Å². The molecule has 1 aromatic heterocycles. The minimum atomic E-state index is -0.0882. The lowest BCUT2D eigenvalue weighted by molar-refractivity contribution is -0.133. The molecule has 0 spiro atoms. The SMILES string of the molecule is O=C(CCC(=O)N1CCN(c2nsc3ccccc23)CC1)NCc1ccccc1. The third-order valence-electron chi connectivity index (χ3n) is 5.19. The van der Waals surface area contributed by atoms with Crippen LogP contribution in [0.5, 0.6) is 0 Å². The molecular weight excluding hydrogens is 384 g/mol. The highest BCUT2D eigenvalue weighted by atomic mass is 32.1. The van der Waals surface area contributed by atoms with Crippen LogP contribution < -0.4 is 10.2 Å². The van der Waals surface area contributed by atoms with Crippen LogP contribution in [-0.2, 0) is 16.1 Å². The maximum atomic E-state index is 12.5. The van der Waals surface area contributed by atoms with Gasteiger partial charge in [-0.05, 0) is 29.2 Å². The van der Waals surface area contributed by atoms with Crippen molar-refractivity contribution >= 4 is 39.3 Å². The highest BCUT2D eigenvalue weighted by Crippen LogP contribution is 2.29. The minimum Gasteiger partial charge on any atom is -0.352 e. The predicted octanol–water partition coefficient (Wildman–Crippen LogP) is 3.04. The maximum absolute atomic E-state index is 12.5. The first-order valence-corrected chi connectivity index (χ1v) is 10.7. The number of carbonyl (C=O) groups is 2. The summed E-state index contributed by atoms with van der Waals surface area (Å²) in [5, 5.41) is 4.05. The Labute approximate surface area is 174 Å². The molecule has 150 valence electrons. The Kier molecular flexibility index (Phi) is 6.05. The molecule has 0 aliphatic carbocycles. The molecule has 0 atom stereocenters. The quantitative estimate of drug-likeness (QED) is 0.681. The molecule has 2 amide bonds. The summed E-state index contributed by atoms with van der Waals surface area (Å²) in [6.07, 6.45) is 0.475. The molecule has 7 heteroatoms. The molecule has 0 saturated carbocycles. The second-order valence-electron chi connectivity index (χ2n) is 7.13. The van der Waals surface area contributed by atoms with E-state index in [9.17, 15) is 9.59 Å². The van der Waals surface area contributed by atoms with E-state index in [0.717, 1.165) is 24.5 Å². The van der Waals surface area contributed by atoms with Crippen LogP contribution in [0.3, 0.4) is 0 Å². The van der Waals surface area contributed by atoms with Crippen LogP contribution in [0, 0.1) is 0 Å². The van der Waals surface area contributed by atoms with E-state index in [1.807, 2.05) is 47.4 Å². The third-order valence-corrected chi connectivity index (χ3v) is 6.01. The van der Waals surface area contributed by atoms with Gasteiger partial charge in [-0.3, -0.25) is 9.59 Å². The van der Waals surface area contributed by atoms with Gasteiger partial charge in [0, 0.05) is 51.0 Å². The van der Waals surface area contributed by atoms with E-state index in [4.69, 9.17) is 0 Å². The molecule has 29 heavy (non-hydrogen) atoms. The van der Waals surface area contributed by atoms with Crippen LogP contribution in [0.4, 0.5) is 5.82 Å². The first-order chi connectivity index (χ1) is 14.2. The summed E-state index contributed by atoms with van der Waals surface area (Å²) in [4.78, 5) is 28.6. The van der Waals surface area contributed by atoms with Crippen molar-refractivity contribution in [1.82, 2.24) is 14.6 Å². The van der Waals surface area contributed by atoms with E-state index in [0.29, 0.717) is 19.6 Å². The molecule has 1 fully saturated rings. The highest BCUT2D eigenvalue weighted by Gasteiger charge is 2.23. The molecule has 1 aliphatic heterocycles. The first kappa shape index (κ1) is 19.4. The number of hydrogen-bond acceptors (Lipinski definition) is 5. The van der Waals surface area contributed by atoms with Crippen molar-refractivity contribution in [2.45, 2.75) is 19.4 Å². The van der Waals surface area contributed by atoms with Gasteiger partial charge in [0.1, 0.15) is 5.82 Å². The van der Waals surface area contributed by atoms with Crippen molar-refractivity contribution in [3.8, 4) is 0 Å². The number of piperazine rings is 1. The number of fused-ring (bicyclic) bond motifs is 1. The number of aromatic nitrogens is 1. The molecule has 0 radical (unpaired) electrons. The summed E-state index contributed by atoms with van der Waals surface area (Å²) >= 11 is 1.51. The molecule has 4 rings (SSSR count). The predicted molar refractivity (Wildman–Crippen MR) is 116 cm³/mol. The number of amides is 2. The molecule has 2 aromatic carbocycles. The molecule has 0 bridgehead atoms. The molecule has 0 unspecified atom stereocenters. The fourth-order valence-corrected chi connectivity index (χ4v) is 4.33. The van der Waals surface area contributed by atoms with Gasteiger partial charge in [0.05, 0.1) is 4.70 Å². The monoisotopic (exact) mass is 408 g/mol. The Morgan fingerprint density at radius 3 is 2.45 bits per heavy atom. The van der Waals surface area contributed by atoms with Crippen LogP contribution in [0.2, 0.25) is 0 Å². The van der Waals surface area contributed by atoms with Gasteiger partial charge in [0.2, 0.25) is 11.8 Å². The summed E-state index contributed by atoms with van der Waals surface area (Å²) in [5.74, 6) is 0.968. The van der Waals surface area contributed by atoms with Crippen molar-refractivity contribution in [1.29, 1.82) is 0 Å². The molecular formula is C22H24N4O2S. The Balaban J connectivity index is 1.22. The van der Waals surface area contributed by atoms with Gasteiger partial charge >= 0.3 is 0 Å². The molecule has 6 nitrogen and oxygen atoms in total. The van der Waals surface area contributed by atoms with E-state index in [-0.39, 0.29) is 24.7 Å². The summed E-state index contributed by atoms with van der Waals surface area (Å²) in [5.41, 5.74) is 1.05. The zero-order valence-corrected chi connectivity index (χ0v) is 17.0. The summed E-state index contributed by atoms with van der Waals surface area (Å²) in [6.45, 7) is 3.35. The maximum Gasteiger partial charge on any atom is 0.223 e. The molecule has 3 aromatic rings. The van der Waals surface area contributed by atoms with Gasteiger partial charge in [-0.25, -0.2) is 0 Å². The van der Waals surface area contributed by atoms with E-state index < -0.39 is 0 Å². The van der Waals surface area contributed by atoms with Crippen molar-refractivity contribution in [2.24, 2.45) is 0 Å². The van der Waals surface area contributed by atoms with E-state index in [1.165, 1.54) is 21.6 Å². The summed E-state index contributed by atoms with van der Waals surface area (Å²) < 4.78 is 5.79. The van der Waals surface area contributed by atoms with Crippen LogP contribution in [0.1, 0.15) is 18.4 Å².